The normalized spacial score (nSPS) is 15.1. The fourth-order valence-electron chi connectivity index (χ4n) is 3.57. The maximum absolute atomic E-state index is 13.7. The molecule has 28 heavy (non-hydrogen) atoms. The molecule has 1 aromatic carbocycles. The molecule has 0 bridgehead atoms. The number of aromatic nitrogens is 4. The second-order valence-corrected chi connectivity index (χ2v) is 7.07. The summed E-state index contributed by atoms with van der Waals surface area (Å²) >= 11 is 0. The molecule has 3 heterocycles. The fourth-order valence-corrected chi connectivity index (χ4v) is 3.57. The number of carbonyl (C=O) groups excluding carboxylic acids is 1. The topological polar surface area (TPSA) is 105 Å². The summed E-state index contributed by atoms with van der Waals surface area (Å²) in [5, 5.41) is 10.5. The van der Waals surface area contributed by atoms with Crippen LogP contribution in [0.5, 0.6) is 0 Å². The van der Waals surface area contributed by atoms with Gasteiger partial charge in [0, 0.05) is 24.5 Å². The van der Waals surface area contributed by atoms with Crippen LogP contribution in [-0.4, -0.2) is 38.7 Å². The maximum atomic E-state index is 13.7. The van der Waals surface area contributed by atoms with E-state index < -0.39 is 17.2 Å². The highest BCUT2D eigenvalue weighted by molar-refractivity contribution is 6.05. The summed E-state index contributed by atoms with van der Waals surface area (Å²) < 4.78 is 15.2. The number of pyridine rings is 1. The molecule has 4 rings (SSSR count). The monoisotopic (exact) mass is 384 g/mol. The Morgan fingerprint density at radius 1 is 1.32 bits per heavy atom. The molecule has 1 aliphatic heterocycles. The van der Waals surface area contributed by atoms with Crippen molar-refractivity contribution in [2.45, 2.75) is 25.7 Å². The Kier molecular flexibility index (Phi) is 4.68. The number of halogens is 1. The van der Waals surface area contributed by atoms with Crippen LogP contribution in [0.1, 0.15) is 40.5 Å². The second-order valence-electron chi connectivity index (χ2n) is 7.07. The van der Waals surface area contributed by atoms with Crippen LogP contribution in [-0.2, 0) is 7.05 Å². The number of piperidine rings is 1. The highest BCUT2D eigenvalue weighted by Gasteiger charge is 2.22. The van der Waals surface area contributed by atoms with Crippen LogP contribution < -0.4 is 16.1 Å². The smallest absolute Gasteiger partial charge is 0.263 e. The van der Waals surface area contributed by atoms with Gasteiger partial charge in [-0.15, -0.1) is 0 Å². The summed E-state index contributed by atoms with van der Waals surface area (Å²) in [6, 6.07) is 2.47. The molecule has 3 N–H and O–H groups in total. The average molecular weight is 384 g/mol. The summed E-state index contributed by atoms with van der Waals surface area (Å²) in [5.41, 5.74) is 0.465. The number of aryl methyl sites for hydroxylation is 2. The number of nitrogens with zero attached hydrogens (tertiary/aromatic N) is 3. The number of hydrogen-bond donors (Lipinski definition) is 3. The Labute approximate surface area is 160 Å². The number of amides is 1. The molecule has 0 spiro atoms. The van der Waals surface area contributed by atoms with Gasteiger partial charge in [-0.05, 0) is 50.6 Å². The minimum absolute atomic E-state index is 0.107. The summed E-state index contributed by atoms with van der Waals surface area (Å²) in [4.78, 5) is 32.7. The van der Waals surface area contributed by atoms with E-state index in [0.717, 1.165) is 32.0 Å². The van der Waals surface area contributed by atoms with Crippen LogP contribution in [0.3, 0.4) is 0 Å². The zero-order chi connectivity index (χ0) is 19.8. The molecule has 0 unspecified atom stereocenters. The van der Waals surface area contributed by atoms with Gasteiger partial charge in [0.05, 0.1) is 5.52 Å². The lowest BCUT2D eigenvalue weighted by Gasteiger charge is -2.19. The first-order chi connectivity index (χ1) is 13.4. The summed E-state index contributed by atoms with van der Waals surface area (Å²) in [6.45, 7) is 3.52. The van der Waals surface area contributed by atoms with Gasteiger partial charge in [-0.2, -0.15) is 10.1 Å². The Morgan fingerprint density at radius 3 is 2.82 bits per heavy atom. The number of anilines is 1. The van der Waals surface area contributed by atoms with Gasteiger partial charge < -0.3 is 10.3 Å². The lowest BCUT2D eigenvalue weighted by atomic mass is 9.98. The van der Waals surface area contributed by atoms with E-state index in [4.69, 9.17) is 0 Å². The van der Waals surface area contributed by atoms with Gasteiger partial charge in [0.25, 0.3) is 5.91 Å². The number of nitrogens with one attached hydrogen (secondary N) is 3. The number of carbonyl (C=O) groups is 1. The molecular formula is C19H21FN6O2. The van der Waals surface area contributed by atoms with Crippen LogP contribution in [0.2, 0.25) is 0 Å². The van der Waals surface area contributed by atoms with Crippen molar-refractivity contribution in [2.24, 2.45) is 7.05 Å². The van der Waals surface area contributed by atoms with Gasteiger partial charge >= 0.3 is 0 Å². The molecule has 146 valence electrons. The summed E-state index contributed by atoms with van der Waals surface area (Å²) in [6.07, 6.45) is 3.22. The minimum Gasteiger partial charge on any atom is -0.360 e. The largest absolute Gasteiger partial charge is 0.360 e. The van der Waals surface area contributed by atoms with Crippen LogP contribution >= 0.6 is 0 Å². The Bertz CT molecular complexity index is 1110. The van der Waals surface area contributed by atoms with Gasteiger partial charge in [0.1, 0.15) is 11.4 Å². The first kappa shape index (κ1) is 18.3. The zero-order valence-electron chi connectivity index (χ0n) is 15.7. The van der Waals surface area contributed by atoms with Crippen molar-refractivity contribution in [2.75, 3.05) is 18.4 Å². The van der Waals surface area contributed by atoms with E-state index in [1.54, 1.807) is 14.0 Å². The number of benzene rings is 1. The fraction of sp³-hybridized carbons (Fsp3) is 0.368. The maximum Gasteiger partial charge on any atom is 0.263 e. The molecule has 1 amide bonds. The molecule has 0 aliphatic carbocycles. The molecule has 8 nitrogen and oxygen atoms in total. The number of H-pyrrole nitrogens is 1. The van der Waals surface area contributed by atoms with Gasteiger partial charge in [-0.1, -0.05) is 0 Å². The highest BCUT2D eigenvalue weighted by Crippen LogP contribution is 2.23. The predicted molar refractivity (Wildman–Crippen MR) is 103 cm³/mol. The van der Waals surface area contributed by atoms with E-state index in [0.29, 0.717) is 16.9 Å². The average Bonchev–Trinajstić information content (AvgIpc) is 3.03. The first-order valence-corrected chi connectivity index (χ1v) is 9.18. The van der Waals surface area contributed by atoms with E-state index >= 15 is 0 Å². The van der Waals surface area contributed by atoms with Crippen LogP contribution in [0.15, 0.2) is 23.1 Å². The van der Waals surface area contributed by atoms with E-state index in [2.05, 4.69) is 25.7 Å². The lowest BCUT2D eigenvalue weighted by Crippen LogP contribution is -2.27. The second kappa shape index (κ2) is 7.16. The van der Waals surface area contributed by atoms with Crippen LogP contribution in [0, 0.1) is 12.7 Å². The van der Waals surface area contributed by atoms with Gasteiger partial charge in [0.15, 0.2) is 5.82 Å². The summed E-state index contributed by atoms with van der Waals surface area (Å²) in [5.74, 6) is 0.0661. The molecule has 1 fully saturated rings. The first-order valence-electron chi connectivity index (χ1n) is 9.18. The molecule has 1 aliphatic rings. The van der Waals surface area contributed by atoms with Gasteiger partial charge in [-0.3, -0.25) is 14.9 Å². The molecule has 0 atom stereocenters. The third-order valence-electron chi connectivity index (χ3n) is 5.10. The number of hydrogen-bond acceptors (Lipinski definition) is 5. The van der Waals surface area contributed by atoms with E-state index in [9.17, 15) is 14.0 Å². The van der Waals surface area contributed by atoms with Crippen molar-refractivity contribution in [1.29, 1.82) is 0 Å². The van der Waals surface area contributed by atoms with Crippen LogP contribution in [0.4, 0.5) is 10.3 Å². The molecule has 1 saturated heterocycles. The molecule has 2 aromatic heterocycles. The number of rotatable bonds is 3. The molecule has 9 heteroatoms. The van der Waals surface area contributed by atoms with Gasteiger partial charge in [-0.25, -0.2) is 9.07 Å². The molecule has 0 radical (unpaired) electrons. The zero-order valence-corrected chi connectivity index (χ0v) is 15.7. The van der Waals surface area contributed by atoms with Crippen molar-refractivity contribution in [3.8, 4) is 0 Å². The van der Waals surface area contributed by atoms with Crippen molar-refractivity contribution < 1.29 is 9.18 Å². The SMILES string of the molecule is Cc1cc(F)cc2c(=O)c(C(=O)Nc3nc(C4CCNCC4)nn3C)c[nH]c12. The molecule has 3 aromatic rings. The Hall–Kier alpha value is -3.07. The van der Waals surface area contributed by atoms with Crippen molar-refractivity contribution in [3.63, 3.8) is 0 Å². The van der Waals surface area contributed by atoms with Gasteiger partial charge in [0.2, 0.25) is 11.4 Å². The molecular weight excluding hydrogens is 363 g/mol. The Balaban J connectivity index is 1.63. The van der Waals surface area contributed by atoms with E-state index in [1.165, 1.54) is 16.9 Å². The van der Waals surface area contributed by atoms with Crippen LogP contribution in [0.25, 0.3) is 10.9 Å². The van der Waals surface area contributed by atoms with Crippen molar-refractivity contribution >= 4 is 22.8 Å². The van der Waals surface area contributed by atoms with E-state index in [1.807, 2.05) is 0 Å². The minimum atomic E-state index is -0.613. The Morgan fingerprint density at radius 2 is 2.07 bits per heavy atom. The number of aromatic amines is 1. The van der Waals surface area contributed by atoms with E-state index in [-0.39, 0.29) is 22.8 Å². The third-order valence-corrected chi connectivity index (χ3v) is 5.10. The number of fused-ring (bicyclic) bond motifs is 1. The highest BCUT2D eigenvalue weighted by atomic mass is 19.1. The molecule has 0 saturated carbocycles. The lowest BCUT2D eigenvalue weighted by molar-refractivity contribution is 0.102. The van der Waals surface area contributed by atoms with Crippen molar-refractivity contribution in [1.82, 2.24) is 25.1 Å². The quantitative estimate of drug-likeness (QED) is 0.639. The summed E-state index contributed by atoms with van der Waals surface area (Å²) in [7, 11) is 1.69. The standard InChI is InChI=1S/C19H21FN6O2/c1-10-7-12(20)8-13-15(10)22-9-14(16(13)27)18(28)24-19-23-17(25-26(19)2)11-3-5-21-6-4-11/h7-9,11,21H,3-6H2,1-2H3,(H,22,27)(H,23,24,25,28). The predicted octanol–water partition coefficient (Wildman–Crippen LogP) is 1.82. The van der Waals surface area contributed by atoms with Crippen molar-refractivity contribution in [3.05, 3.63) is 51.3 Å². The third kappa shape index (κ3) is 3.29.